The van der Waals surface area contributed by atoms with Crippen LogP contribution in [0.25, 0.3) is 0 Å². The van der Waals surface area contributed by atoms with Crippen molar-refractivity contribution in [2.24, 2.45) is 10.4 Å². The van der Waals surface area contributed by atoms with E-state index in [1.54, 1.807) is 7.11 Å². The Balaban J connectivity index is 1.61. The standard InChI is InChI=1S/C25H40N4O2/c1-3-26-24(28-20-25(14-17-31-2)12-5-6-13-25)27-19-21-10-9-11-22(18-21)23(30)29-15-7-4-8-16-29/h9-11,18H,3-8,12-17,19-20H2,1-2H3,(H2,26,27,28). The molecule has 6 nitrogen and oxygen atoms in total. The highest BCUT2D eigenvalue weighted by atomic mass is 16.5. The van der Waals surface area contributed by atoms with Crippen LogP contribution in [0.1, 0.15) is 74.2 Å². The fourth-order valence-corrected chi connectivity index (χ4v) is 4.82. The van der Waals surface area contributed by atoms with Gasteiger partial charge in [0.05, 0.1) is 6.54 Å². The number of hydrogen-bond acceptors (Lipinski definition) is 3. The van der Waals surface area contributed by atoms with Gasteiger partial charge in [0.15, 0.2) is 5.96 Å². The summed E-state index contributed by atoms with van der Waals surface area (Å²) in [5.74, 6) is 0.996. The van der Waals surface area contributed by atoms with Crippen molar-refractivity contribution in [3.8, 4) is 0 Å². The van der Waals surface area contributed by atoms with E-state index in [0.717, 1.165) is 69.1 Å². The summed E-state index contributed by atoms with van der Waals surface area (Å²) >= 11 is 0. The van der Waals surface area contributed by atoms with Crippen molar-refractivity contribution in [3.63, 3.8) is 0 Å². The van der Waals surface area contributed by atoms with Gasteiger partial charge in [0, 0.05) is 45.5 Å². The largest absolute Gasteiger partial charge is 0.385 e. The van der Waals surface area contributed by atoms with E-state index in [9.17, 15) is 4.79 Å². The van der Waals surface area contributed by atoms with Gasteiger partial charge in [0.1, 0.15) is 0 Å². The Kier molecular flexibility index (Phi) is 9.19. The van der Waals surface area contributed by atoms with Gasteiger partial charge in [0.25, 0.3) is 5.91 Å². The van der Waals surface area contributed by atoms with Crippen molar-refractivity contribution < 1.29 is 9.53 Å². The number of benzene rings is 1. The zero-order valence-electron chi connectivity index (χ0n) is 19.4. The van der Waals surface area contributed by atoms with Crippen LogP contribution < -0.4 is 10.6 Å². The monoisotopic (exact) mass is 428 g/mol. The molecule has 172 valence electrons. The summed E-state index contributed by atoms with van der Waals surface area (Å²) in [7, 11) is 1.78. The fourth-order valence-electron chi connectivity index (χ4n) is 4.82. The van der Waals surface area contributed by atoms with E-state index in [0.29, 0.717) is 12.0 Å². The molecule has 0 bridgehead atoms. The third-order valence-corrected chi connectivity index (χ3v) is 6.71. The second-order valence-corrected chi connectivity index (χ2v) is 9.05. The zero-order valence-corrected chi connectivity index (χ0v) is 19.4. The van der Waals surface area contributed by atoms with E-state index < -0.39 is 0 Å². The predicted octanol–water partition coefficient (Wildman–Crippen LogP) is 3.96. The van der Waals surface area contributed by atoms with Gasteiger partial charge in [-0.3, -0.25) is 4.79 Å². The molecule has 1 saturated carbocycles. The lowest BCUT2D eigenvalue weighted by Crippen LogP contribution is -2.43. The number of methoxy groups -OCH3 is 1. The lowest BCUT2D eigenvalue weighted by Gasteiger charge is -2.30. The molecular weight excluding hydrogens is 388 g/mol. The molecule has 0 aromatic heterocycles. The summed E-state index contributed by atoms with van der Waals surface area (Å²) in [6, 6.07) is 7.95. The maximum atomic E-state index is 12.8. The maximum Gasteiger partial charge on any atom is 0.253 e. The second kappa shape index (κ2) is 12.1. The predicted molar refractivity (Wildman–Crippen MR) is 126 cm³/mol. The van der Waals surface area contributed by atoms with E-state index in [1.165, 1.54) is 32.1 Å². The van der Waals surface area contributed by atoms with Gasteiger partial charge in [-0.15, -0.1) is 0 Å². The lowest BCUT2D eigenvalue weighted by molar-refractivity contribution is 0.0724. The summed E-state index contributed by atoms with van der Waals surface area (Å²) in [6.07, 6.45) is 9.65. The Bertz CT molecular complexity index is 722. The number of nitrogens with one attached hydrogen (secondary N) is 2. The SMILES string of the molecule is CCNC(=NCc1cccc(C(=O)N2CCCCC2)c1)NCC1(CCOC)CCCC1. The highest BCUT2D eigenvalue weighted by Crippen LogP contribution is 2.40. The first kappa shape index (κ1) is 23.6. The molecule has 1 aliphatic heterocycles. The molecule has 31 heavy (non-hydrogen) atoms. The topological polar surface area (TPSA) is 66.0 Å². The third-order valence-electron chi connectivity index (χ3n) is 6.71. The molecule has 2 fully saturated rings. The summed E-state index contributed by atoms with van der Waals surface area (Å²) in [4.78, 5) is 19.6. The van der Waals surface area contributed by atoms with Crippen molar-refractivity contribution in [3.05, 3.63) is 35.4 Å². The Hall–Kier alpha value is -2.08. The van der Waals surface area contributed by atoms with Crippen molar-refractivity contribution in [1.29, 1.82) is 0 Å². The first-order valence-electron chi connectivity index (χ1n) is 12.1. The average molecular weight is 429 g/mol. The minimum absolute atomic E-state index is 0.150. The molecule has 3 rings (SSSR count). The van der Waals surface area contributed by atoms with Crippen LogP contribution in [0.5, 0.6) is 0 Å². The highest BCUT2D eigenvalue weighted by Gasteiger charge is 2.33. The molecule has 6 heteroatoms. The second-order valence-electron chi connectivity index (χ2n) is 9.05. The number of carbonyl (C=O) groups excluding carboxylic acids is 1. The molecule has 2 aliphatic rings. The molecule has 0 spiro atoms. The normalized spacial score (nSPS) is 18.8. The Morgan fingerprint density at radius 3 is 2.61 bits per heavy atom. The third kappa shape index (κ3) is 6.96. The zero-order chi connectivity index (χ0) is 21.9. The van der Waals surface area contributed by atoms with E-state index in [-0.39, 0.29) is 5.91 Å². The summed E-state index contributed by atoms with van der Waals surface area (Å²) in [6.45, 7) is 6.96. The van der Waals surface area contributed by atoms with Crippen LogP contribution in [0.4, 0.5) is 0 Å². The van der Waals surface area contributed by atoms with Crippen LogP contribution in [0.3, 0.4) is 0 Å². The number of likely N-dealkylation sites (tertiary alicyclic amines) is 1. The molecule has 0 unspecified atom stereocenters. The van der Waals surface area contributed by atoms with Gasteiger partial charge < -0.3 is 20.3 Å². The van der Waals surface area contributed by atoms with Crippen molar-refractivity contribution in [1.82, 2.24) is 15.5 Å². The average Bonchev–Trinajstić information content (AvgIpc) is 3.29. The van der Waals surface area contributed by atoms with Crippen LogP contribution in [0.2, 0.25) is 0 Å². The number of amides is 1. The van der Waals surface area contributed by atoms with E-state index in [4.69, 9.17) is 9.73 Å². The number of rotatable bonds is 9. The van der Waals surface area contributed by atoms with E-state index >= 15 is 0 Å². The number of guanidine groups is 1. The van der Waals surface area contributed by atoms with Gasteiger partial charge in [0.2, 0.25) is 0 Å². The number of ether oxygens (including phenoxy) is 1. The van der Waals surface area contributed by atoms with Crippen LogP contribution in [0.15, 0.2) is 29.3 Å². The Labute approximate surface area is 187 Å². The van der Waals surface area contributed by atoms with Gasteiger partial charge in [-0.25, -0.2) is 4.99 Å². The van der Waals surface area contributed by atoms with Crippen molar-refractivity contribution >= 4 is 11.9 Å². The molecule has 1 heterocycles. The van der Waals surface area contributed by atoms with Crippen molar-refractivity contribution in [2.75, 3.05) is 39.9 Å². The Morgan fingerprint density at radius 2 is 1.90 bits per heavy atom. The maximum absolute atomic E-state index is 12.8. The van der Waals surface area contributed by atoms with E-state index in [1.807, 2.05) is 23.1 Å². The quantitative estimate of drug-likeness (QED) is 0.461. The number of nitrogens with zero attached hydrogens (tertiary/aromatic N) is 2. The van der Waals surface area contributed by atoms with Gasteiger partial charge >= 0.3 is 0 Å². The van der Waals surface area contributed by atoms with E-state index in [2.05, 4.69) is 23.6 Å². The number of piperidine rings is 1. The minimum Gasteiger partial charge on any atom is -0.385 e. The smallest absolute Gasteiger partial charge is 0.253 e. The Morgan fingerprint density at radius 1 is 1.13 bits per heavy atom. The lowest BCUT2D eigenvalue weighted by atomic mass is 9.83. The molecule has 1 aromatic rings. The molecule has 1 amide bonds. The van der Waals surface area contributed by atoms with Gasteiger partial charge in [-0.05, 0) is 68.6 Å². The van der Waals surface area contributed by atoms with Crippen LogP contribution in [-0.4, -0.2) is 56.7 Å². The van der Waals surface area contributed by atoms with Gasteiger partial charge in [-0.2, -0.15) is 0 Å². The van der Waals surface area contributed by atoms with Crippen LogP contribution >= 0.6 is 0 Å². The molecule has 0 atom stereocenters. The minimum atomic E-state index is 0.150. The fraction of sp³-hybridized carbons (Fsp3) is 0.680. The number of hydrogen-bond donors (Lipinski definition) is 2. The summed E-state index contributed by atoms with van der Waals surface area (Å²) < 4.78 is 5.36. The number of aliphatic imine (C=N–C) groups is 1. The summed E-state index contributed by atoms with van der Waals surface area (Å²) in [5, 5.41) is 6.95. The van der Waals surface area contributed by atoms with Gasteiger partial charge in [-0.1, -0.05) is 25.0 Å². The molecule has 1 aliphatic carbocycles. The molecule has 1 saturated heterocycles. The first-order chi connectivity index (χ1) is 15.2. The van der Waals surface area contributed by atoms with Crippen molar-refractivity contribution in [2.45, 2.75) is 64.8 Å². The van der Waals surface area contributed by atoms with Crippen LogP contribution in [0, 0.1) is 5.41 Å². The molecule has 2 N–H and O–H groups in total. The summed E-state index contributed by atoms with van der Waals surface area (Å²) in [5.41, 5.74) is 2.15. The molecular formula is C25H40N4O2. The number of carbonyl (C=O) groups is 1. The van der Waals surface area contributed by atoms with Crippen LogP contribution in [-0.2, 0) is 11.3 Å². The first-order valence-corrected chi connectivity index (χ1v) is 12.1. The molecule has 0 radical (unpaired) electrons. The molecule has 1 aromatic carbocycles. The highest BCUT2D eigenvalue weighted by molar-refractivity contribution is 5.94.